The lowest BCUT2D eigenvalue weighted by Crippen LogP contribution is -2.31. The van der Waals surface area contributed by atoms with Gasteiger partial charge in [-0.2, -0.15) is 0 Å². The van der Waals surface area contributed by atoms with Crippen molar-refractivity contribution in [3.63, 3.8) is 0 Å². The van der Waals surface area contributed by atoms with E-state index < -0.39 is 0 Å². The average molecular weight is 322 g/mol. The Morgan fingerprint density at radius 3 is 2.81 bits per heavy atom. The minimum absolute atomic E-state index is 0.770. The number of halogens is 1. The van der Waals surface area contributed by atoms with E-state index in [4.69, 9.17) is 22.3 Å². The first-order valence-corrected chi connectivity index (χ1v) is 8.62. The summed E-state index contributed by atoms with van der Waals surface area (Å²) in [6.45, 7) is 4.08. The zero-order valence-corrected chi connectivity index (χ0v) is 13.6. The Bertz CT molecular complexity index is 594. The predicted molar refractivity (Wildman–Crippen MR) is 89.8 cm³/mol. The standard InChI is InChI=1S/C16H20ClN3S/c17-13-5-3-12(4-6-13)16-19-14-7-10-20(9-2-1-8-18)11-15(14)21-16/h3-6H,1-2,7-11,18H2. The minimum Gasteiger partial charge on any atom is -0.330 e. The molecule has 1 aromatic heterocycles. The number of nitrogens with zero attached hydrogens (tertiary/aromatic N) is 2. The van der Waals surface area contributed by atoms with Crippen LogP contribution in [0.25, 0.3) is 10.6 Å². The number of hydrogen-bond donors (Lipinski definition) is 1. The van der Waals surface area contributed by atoms with E-state index in [-0.39, 0.29) is 0 Å². The monoisotopic (exact) mass is 321 g/mol. The molecular formula is C16H20ClN3S. The van der Waals surface area contributed by atoms with Crippen LogP contribution in [-0.2, 0) is 13.0 Å². The Kier molecular flexibility index (Phi) is 4.91. The van der Waals surface area contributed by atoms with Crippen LogP contribution in [0, 0.1) is 0 Å². The van der Waals surface area contributed by atoms with Gasteiger partial charge in [-0.25, -0.2) is 4.98 Å². The molecule has 5 heteroatoms. The lowest BCUT2D eigenvalue weighted by atomic mass is 10.1. The van der Waals surface area contributed by atoms with E-state index in [2.05, 4.69) is 4.90 Å². The molecule has 21 heavy (non-hydrogen) atoms. The van der Waals surface area contributed by atoms with E-state index in [1.807, 2.05) is 35.6 Å². The highest BCUT2D eigenvalue weighted by molar-refractivity contribution is 7.15. The SMILES string of the molecule is NCCCCN1CCc2nc(-c3ccc(Cl)cc3)sc2C1. The van der Waals surface area contributed by atoms with Gasteiger partial charge in [-0.1, -0.05) is 23.7 Å². The molecule has 0 unspecified atom stereocenters. The summed E-state index contributed by atoms with van der Waals surface area (Å²) in [5.74, 6) is 0. The molecule has 0 fully saturated rings. The normalized spacial score (nSPS) is 15.1. The van der Waals surface area contributed by atoms with Gasteiger partial charge in [0.15, 0.2) is 0 Å². The third kappa shape index (κ3) is 3.64. The van der Waals surface area contributed by atoms with Gasteiger partial charge in [0.05, 0.1) is 5.69 Å². The molecule has 1 aliphatic heterocycles. The fourth-order valence-corrected chi connectivity index (χ4v) is 3.92. The molecule has 2 N–H and O–H groups in total. The van der Waals surface area contributed by atoms with Gasteiger partial charge >= 0.3 is 0 Å². The van der Waals surface area contributed by atoms with Crippen LogP contribution in [0.1, 0.15) is 23.4 Å². The molecule has 0 spiro atoms. The fraction of sp³-hybridized carbons (Fsp3) is 0.438. The molecule has 0 bridgehead atoms. The van der Waals surface area contributed by atoms with E-state index in [9.17, 15) is 0 Å². The number of thiazole rings is 1. The molecule has 112 valence electrons. The van der Waals surface area contributed by atoms with Gasteiger partial charge in [-0.15, -0.1) is 11.3 Å². The van der Waals surface area contributed by atoms with Crippen LogP contribution >= 0.6 is 22.9 Å². The van der Waals surface area contributed by atoms with Gasteiger partial charge in [0.25, 0.3) is 0 Å². The van der Waals surface area contributed by atoms with Crippen molar-refractivity contribution in [1.29, 1.82) is 0 Å². The molecule has 0 radical (unpaired) electrons. The number of benzene rings is 1. The molecular weight excluding hydrogens is 302 g/mol. The van der Waals surface area contributed by atoms with Crippen molar-refractivity contribution in [1.82, 2.24) is 9.88 Å². The van der Waals surface area contributed by atoms with E-state index in [1.54, 1.807) is 0 Å². The van der Waals surface area contributed by atoms with Crippen molar-refractivity contribution in [2.75, 3.05) is 19.6 Å². The highest BCUT2D eigenvalue weighted by Gasteiger charge is 2.20. The van der Waals surface area contributed by atoms with Crippen LogP contribution in [0.5, 0.6) is 0 Å². The Hall–Kier alpha value is -0.940. The number of rotatable bonds is 5. The Morgan fingerprint density at radius 1 is 1.24 bits per heavy atom. The topological polar surface area (TPSA) is 42.1 Å². The Labute approximate surface area is 134 Å². The first kappa shape index (κ1) is 15.0. The van der Waals surface area contributed by atoms with E-state index in [0.717, 1.165) is 54.6 Å². The summed E-state index contributed by atoms with van der Waals surface area (Å²) in [4.78, 5) is 8.74. The van der Waals surface area contributed by atoms with Gasteiger partial charge in [0.2, 0.25) is 0 Å². The summed E-state index contributed by atoms with van der Waals surface area (Å²) in [6, 6.07) is 7.95. The van der Waals surface area contributed by atoms with Crippen LogP contribution in [0.2, 0.25) is 5.02 Å². The fourth-order valence-electron chi connectivity index (χ4n) is 2.63. The smallest absolute Gasteiger partial charge is 0.123 e. The molecule has 0 saturated carbocycles. The van der Waals surface area contributed by atoms with Crippen LogP contribution in [0.15, 0.2) is 24.3 Å². The lowest BCUT2D eigenvalue weighted by molar-refractivity contribution is 0.251. The summed E-state index contributed by atoms with van der Waals surface area (Å²) in [6.07, 6.45) is 3.36. The van der Waals surface area contributed by atoms with Crippen LogP contribution in [0.3, 0.4) is 0 Å². The second kappa shape index (κ2) is 6.88. The maximum absolute atomic E-state index is 5.95. The number of aromatic nitrogens is 1. The van der Waals surface area contributed by atoms with Crippen molar-refractivity contribution in [2.24, 2.45) is 5.73 Å². The second-order valence-electron chi connectivity index (χ2n) is 5.42. The highest BCUT2D eigenvalue weighted by Crippen LogP contribution is 2.32. The summed E-state index contributed by atoms with van der Waals surface area (Å²) in [5.41, 5.74) is 8.00. The van der Waals surface area contributed by atoms with Gasteiger partial charge in [-0.3, -0.25) is 4.90 Å². The van der Waals surface area contributed by atoms with Crippen molar-refractivity contribution < 1.29 is 0 Å². The molecule has 0 atom stereocenters. The number of hydrogen-bond acceptors (Lipinski definition) is 4. The Balaban J connectivity index is 1.71. The largest absolute Gasteiger partial charge is 0.330 e. The third-order valence-corrected chi connectivity index (χ3v) is 5.21. The van der Waals surface area contributed by atoms with Gasteiger partial charge in [0, 0.05) is 35.0 Å². The number of unbranched alkanes of at least 4 members (excludes halogenated alkanes) is 1. The molecule has 2 heterocycles. The van der Waals surface area contributed by atoms with Crippen molar-refractivity contribution in [3.05, 3.63) is 39.9 Å². The molecule has 2 aromatic rings. The first-order chi connectivity index (χ1) is 10.3. The third-order valence-electron chi connectivity index (χ3n) is 3.83. The summed E-state index contributed by atoms with van der Waals surface area (Å²) in [5, 5.41) is 1.88. The lowest BCUT2D eigenvalue weighted by Gasteiger charge is -2.25. The maximum Gasteiger partial charge on any atom is 0.123 e. The first-order valence-electron chi connectivity index (χ1n) is 7.43. The van der Waals surface area contributed by atoms with Gasteiger partial charge < -0.3 is 5.73 Å². The molecule has 3 rings (SSSR count). The number of fused-ring (bicyclic) bond motifs is 1. The quantitative estimate of drug-likeness (QED) is 0.856. The molecule has 0 amide bonds. The van der Waals surface area contributed by atoms with E-state index in [0.29, 0.717) is 0 Å². The zero-order chi connectivity index (χ0) is 14.7. The second-order valence-corrected chi connectivity index (χ2v) is 6.94. The predicted octanol–water partition coefficient (Wildman–Crippen LogP) is 3.56. The molecule has 0 aliphatic carbocycles. The van der Waals surface area contributed by atoms with Crippen molar-refractivity contribution in [3.8, 4) is 10.6 Å². The molecule has 1 aromatic carbocycles. The summed E-state index contributed by atoms with van der Waals surface area (Å²) < 4.78 is 0. The van der Waals surface area contributed by atoms with Crippen LogP contribution < -0.4 is 5.73 Å². The van der Waals surface area contributed by atoms with E-state index >= 15 is 0 Å². The van der Waals surface area contributed by atoms with Crippen molar-refractivity contribution in [2.45, 2.75) is 25.8 Å². The summed E-state index contributed by atoms with van der Waals surface area (Å²) in [7, 11) is 0. The van der Waals surface area contributed by atoms with E-state index in [1.165, 1.54) is 17.0 Å². The van der Waals surface area contributed by atoms with Gasteiger partial charge in [0.1, 0.15) is 5.01 Å². The Morgan fingerprint density at radius 2 is 2.05 bits per heavy atom. The summed E-state index contributed by atoms with van der Waals surface area (Å²) >= 11 is 7.76. The maximum atomic E-state index is 5.95. The van der Waals surface area contributed by atoms with Gasteiger partial charge in [-0.05, 0) is 38.1 Å². The number of nitrogens with two attached hydrogens (primary N) is 1. The molecule has 1 aliphatic rings. The van der Waals surface area contributed by atoms with Crippen molar-refractivity contribution >= 4 is 22.9 Å². The van der Waals surface area contributed by atoms with Crippen LogP contribution in [0.4, 0.5) is 0 Å². The van der Waals surface area contributed by atoms with Crippen LogP contribution in [-0.4, -0.2) is 29.5 Å². The average Bonchev–Trinajstić information content (AvgIpc) is 2.91. The minimum atomic E-state index is 0.770. The highest BCUT2D eigenvalue weighted by atomic mass is 35.5. The zero-order valence-electron chi connectivity index (χ0n) is 12.0. The molecule has 3 nitrogen and oxygen atoms in total. The molecule has 0 saturated heterocycles.